The highest BCUT2D eigenvalue weighted by atomic mass is 16.5. The molecule has 2 nitrogen and oxygen atoms in total. The van der Waals surface area contributed by atoms with E-state index in [9.17, 15) is 4.79 Å². The van der Waals surface area contributed by atoms with Crippen LogP contribution in [0.25, 0.3) is 0 Å². The highest BCUT2D eigenvalue weighted by Crippen LogP contribution is 2.18. The van der Waals surface area contributed by atoms with Gasteiger partial charge in [0.25, 0.3) is 0 Å². The van der Waals surface area contributed by atoms with E-state index in [1.165, 1.54) is 16.7 Å². The van der Waals surface area contributed by atoms with Crippen molar-refractivity contribution in [3.05, 3.63) is 34.4 Å². The standard InChI is InChI=1S/C16H24O2/c1-6-7-16(18-5)15(17)10-14-12(3)8-11(2)9-13(14)4/h8-9,16H,6-7,10H2,1-5H3. The second-order valence-electron chi connectivity index (χ2n) is 5.03. The molecule has 0 aliphatic carbocycles. The summed E-state index contributed by atoms with van der Waals surface area (Å²) in [6, 6.07) is 4.27. The molecule has 0 aliphatic heterocycles. The molecule has 1 aromatic carbocycles. The summed E-state index contributed by atoms with van der Waals surface area (Å²) < 4.78 is 5.28. The van der Waals surface area contributed by atoms with Gasteiger partial charge in [0, 0.05) is 13.5 Å². The maximum Gasteiger partial charge on any atom is 0.165 e. The molecule has 0 bridgehead atoms. The van der Waals surface area contributed by atoms with Gasteiger partial charge in [-0.05, 0) is 43.9 Å². The first-order valence-electron chi connectivity index (χ1n) is 6.61. The summed E-state index contributed by atoms with van der Waals surface area (Å²) in [5.74, 6) is 0.189. The van der Waals surface area contributed by atoms with Gasteiger partial charge in [-0.1, -0.05) is 31.0 Å². The lowest BCUT2D eigenvalue weighted by Crippen LogP contribution is -2.25. The normalized spacial score (nSPS) is 12.5. The quantitative estimate of drug-likeness (QED) is 0.769. The number of carbonyl (C=O) groups excluding carboxylic acids is 1. The molecule has 0 aromatic heterocycles. The number of carbonyl (C=O) groups is 1. The molecule has 0 spiro atoms. The predicted molar refractivity (Wildman–Crippen MR) is 75.1 cm³/mol. The third-order valence-electron chi connectivity index (χ3n) is 3.39. The molecule has 1 aromatic rings. The minimum atomic E-state index is -0.255. The van der Waals surface area contributed by atoms with Gasteiger partial charge in [-0.15, -0.1) is 0 Å². The smallest absolute Gasteiger partial charge is 0.165 e. The Morgan fingerprint density at radius 3 is 2.22 bits per heavy atom. The van der Waals surface area contributed by atoms with Crippen LogP contribution in [0, 0.1) is 20.8 Å². The van der Waals surface area contributed by atoms with E-state index in [4.69, 9.17) is 4.74 Å². The SMILES string of the molecule is CCCC(OC)C(=O)Cc1c(C)cc(C)cc1C. The molecule has 1 rings (SSSR count). The molecule has 0 saturated heterocycles. The van der Waals surface area contributed by atoms with Crippen molar-refractivity contribution in [1.29, 1.82) is 0 Å². The van der Waals surface area contributed by atoms with Gasteiger partial charge in [-0.2, -0.15) is 0 Å². The van der Waals surface area contributed by atoms with Gasteiger partial charge < -0.3 is 4.74 Å². The molecule has 0 radical (unpaired) electrons. The van der Waals surface area contributed by atoms with E-state index in [1.807, 2.05) is 0 Å². The van der Waals surface area contributed by atoms with Crippen molar-refractivity contribution in [3.8, 4) is 0 Å². The van der Waals surface area contributed by atoms with Crippen LogP contribution in [0.1, 0.15) is 42.0 Å². The van der Waals surface area contributed by atoms with Crippen molar-refractivity contribution in [2.75, 3.05) is 7.11 Å². The average molecular weight is 248 g/mol. The van der Waals surface area contributed by atoms with Gasteiger partial charge in [0.15, 0.2) is 5.78 Å². The molecular weight excluding hydrogens is 224 g/mol. The van der Waals surface area contributed by atoms with Crippen molar-refractivity contribution in [3.63, 3.8) is 0 Å². The maximum atomic E-state index is 12.2. The van der Waals surface area contributed by atoms with Crippen molar-refractivity contribution < 1.29 is 9.53 Å². The van der Waals surface area contributed by atoms with Gasteiger partial charge in [0.05, 0.1) is 0 Å². The summed E-state index contributed by atoms with van der Waals surface area (Å²) in [5.41, 5.74) is 4.81. The molecule has 100 valence electrons. The third-order valence-corrected chi connectivity index (χ3v) is 3.39. The van der Waals surface area contributed by atoms with Crippen LogP contribution in [0.3, 0.4) is 0 Å². The van der Waals surface area contributed by atoms with E-state index in [0.29, 0.717) is 6.42 Å². The fourth-order valence-electron chi connectivity index (χ4n) is 2.45. The molecule has 0 heterocycles. The van der Waals surface area contributed by atoms with Gasteiger partial charge in [0.1, 0.15) is 6.10 Å². The van der Waals surface area contributed by atoms with Crippen LogP contribution < -0.4 is 0 Å². The Morgan fingerprint density at radius 2 is 1.78 bits per heavy atom. The highest BCUT2D eigenvalue weighted by Gasteiger charge is 2.18. The Morgan fingerprint density at radius 1 is 1.22 bits per heavy atom. The van der Waals surface area contributed by atoms with Gasteiger partial charge in [-0.25, -0.2) is 0 Å². The van der Waals surface area contributed by atoms with Crippen LogP contribution in [0.5, 0.6) is 0 Å². The van der Waals surface area contributed by atoms with Crippen LogP contribution in [0.15, 0.2) is 12.1 Å². The van der Waals surface area contributed by atoms with E-state index in [0.717, 1.165) is 18.4 Å². The van der Waals surface area contributed by atoms with Crippen LogP contribution in [0.4, 0.5) is 0 Å². The lowest BCUT2D eigenvalue weighted by molar-refractivity contribution is -0.128. The predicted octanol–water partition coefficient (Wildman–Crippen LogP) is 3.54. The number of rotatable bonds is 6. The van der Waals surface area contributed by atoms with E-state index >= 15 is 0 Å². The lowest BCUT2D eigenvalue weighted by Gasteiger charge is -2.16. The van der Waals surface area contributed by atoms with Crippen LogP contribution in [0.2, 0.25) is 0 Å². The minimum Gasteiger partial charge on any atom is -0.374 e. The topological polar surface area (TPSA) is 26.3 Å². The number of benzene rings is 1. The zero-order valence-corrected chi connectivity index (χ0v) is 12.2. The molecule has 1 unspecified atom stereocenters. The number of hydrogen-bond acceptors (Lipinski definition) is 2. The first-order chi connectivity index (χ1) is 8.49. The molecular formula is C16H24O2. The van der Waals surface area contributed by atoms with E-state index < -0.39 is 0 Å². The Bertz CT molecular complexity index is 398. The van der Waals surface area contributed by atoms with Gasteiger partial charge in [0.2, 0.25) is 0 Å². The zero-order valence-electron chi connectivity index (χ0n) is 12.2. The molecule has 2 heteroatoms. The molecule has 0 aliphatic rings. The number of Topliss-reactive ketones (excluding diaryl/α,β-unsaturated/α-hetero) is 1. The molecule has 1 atom stereocenters. The highest BCUT2D eigenvalue weighted by molar-refractivity contribution is 5.85. The number of aryl methyl sites for hydroxylation is 3. The summed E-state index contributed by atoms with van der Waals surface area (Å²) in [5, 5.41) is 0. The van der Waals surface area contributed by atoms with E-state index in [2.05, 4.69) is 39.8 Å². The number of ether oxygens (including phenoxy) is 1. The third kappa shape index (κ3) is 3.67. The Hall–Kier alpha value is -1.15. The van der Waals surface area contributed by atoms with Crippen LogP contribution in [-0.2, 0) is 16.0 Å². The largest absolute Gasteiger partial charge is 0.374 e. The second-order valence-corrected chi connectivity index (χ2v) is 5.03. The first kappa shape index (κ1) is 14.9. The minimum absolute atomic E-state index is 0.189. The average Bonchev–Trinajstić information content (AvgIpc) is 2.30. The monoisotopic (exact) mass is 248 g/mol. The van der Waals surface area contributed by atoms with Crippen LogP contribution in [-0.4, -0.2) is 19.0 Å². The van der Waals surface area contributed by atoms with Crippen molar-refractivity contribution in [2.24, 2.45) is 0 Å². The van der Waals surface area contributed by atoms with Crippen molar-refractivity contribution in [2.45, 2.75) is 53.1 Å². The van der Waals surface area contributed by atoms with E-state index in [-0.39, 0.29) is 11.9 Å². The molecule has 0 fully saturated rings. The summed E-state index contributed by atoms with van der Waals surface area (Å²) in [6.45, 7) is 8.30. The second kappa shape index (κ2) is 6.69. The summed E-state index contributed by atoms with van der Waals surface area (Å²) in [7, 11) is 1.62. The first-order valence-corrected chi connectivity index (χ1v) is 6.61. The van der Waals surface area contributed by atoms with Gasteiger partial charge >= 0.3 is 0 Å². The Balaban J connectivity index is 2.87. The number of ketones is 1. The summed E-state index contributed by atoms with van der Waals surface area (Å²) in [6.07, 6.45) is 2.00. The zero-order chi connectivity index (χ0) is 13.7. The fourth-order valence-corrected chi connectivity index (χ4v) is 2.45. The fraction of sp³-hybridized carbons (Fsp3) is 0.562. The number of methoxy groups -OCH3 is 1. The van der Waals surface area contributed by atoms with Crippen LogP contribution >= 0.6 is 0 Å². The van der Waals surface area contributed by atoms with Crippen molar-refractivity contribution >= 4 is 5.78 Å². The molecule has 0 N–H and O–H groups in total. The molecule has 0 saturated carbocycles. The maximum absolute atomic E-state index is 12.2. The van der Waals surface area contributed by atoms with E-state index in [1.54, 1.807) is 7.11 Å². The molecule has 18 heavy (non-hydrogen) atoms. The lowest BCUT2D eigenvalue weighted by atomic mass is 9.93. The molecule has 0 amide bonds. The number of hydrogen-bond donors (Lipinski definition) is 0. The Labute approximate surface area is 110 Å². The van der Waals surface area contributed by atoms with Gasteiger partial charge in [-0.3, -0.25) is 4.79 Å². The summed E-state index contributed by atoms with van der Waals surface area (Å²) >= 11 is 0. The summed E-state index contributed by atoms with van der Waals surface area (Å²) in [4.78, 5) is 12.2. The Kier molecular flexibility index (Phi) is 5.54. The van der Waals surface area contributed by atoms with Crippen molar-refractivity contribution in [1.82, 2.24) is 0 Å².